The molecule has 4 aromatic rings. The summed E-state index contributed by atoms with van der Waals surface area (Å²) in [5, 5.41) is 12.5. The Morgan fingerprint density at radius 3 is 2.61 bits per heavy atom. The molecule has 0 aliphatic carbocycles. The van der Waals surface area contributed by atoms with Gasteiger partial charge >= 0.3 is 5.91 Å². The van der Waals surface area contributed by atoms with Gasteiger partial charge < -0.3 is 24.1 Å². The third-order valence-corrected chi connectivity index (χ3v) is 8.65. The fraction of sp³-hybridized carbons (Fsp3) is 0.303. The van der Waals surface area contributed by atoms with Crippen molar-refractivity contribution in [3.05, 3.63) is 76.3 Å². The molecule has 1 saturated heterocycles. The fourth-order valence-corrected chi connectivity index (χ4v) is 6.57. The number of aromatic nitrogens is 1. The van der Waals surface area contributed by atoms with E-state index >= 15 is 0 Å². The fourth-order valence-electron chi connectivity index (χ4n) is 5.30. The van der Waals surface area contributed by atoms with Crippen molar-refractivity contribution >= 4 is 55.7 Å². The summed E-state index contributed by atoms with van der Waals surface area (Å²) in [6.07, 6.45) is 3.02. The first-order valence-corrected chi connectivity index (χ1v) is 15.8. The molecule has 0 spiro atoms. The number of carbonyl (C=O) groups excluding carboxylic acids is 2. The molecule has 0 bridgehead atoms. The van der Waals surface area contributed by atoms with Gasteiger partial charge in [-0.2, -0.15) is 0 Å². The lowest BCUT2D eigenvalue weighted by molar-refractivity contribution is -0.132. The Labute approximate surface area is 263 Å². The second-order valence-electron chi connectivity index (χ2n) is 10.3. The van der Waals surface area contributed by atoms with Crippen molar-refractivity contribution in [2.75, 3.05) is 31.3 Å². The van der Waals surface area contributed by atoms with Crippen LogP contribution in [0, 0.1) is 0 Å². The number of anilines is 1. The van der Waals surface area contributed by atoms with Crippen LogP contribution in [0.25, 0.3) is 16.0 Å². The molecule has 11 heteroatoms. The maximum Gasteiger partial charge on any atom is 0.301 e. The van der Waals surface area contributed by atoms with Crippen LogP contribution in [0.15, 0.2) is 60.2 Å². The Hall–Kier alpha value is -4.28. The number of ketones is 1. The maximum atomic E-state index is 13.8. The van der Waals surface area contributed by atoms with E-state index in [1.807, 2.05) is 6.92 Å². The van der Waals surface area contributed by atoms with Crippen molar-refractivity contribution in [3.8, 4) is 23.0 Å². The van der Waals surface area contributed by atoms with Gasteiger partial charge in [0.2, 0.25) is 0 Å². The molecule has 44 heavy (non-hydrogen) atoms. The molecule has 2 aliphatic heterocycles. The van der Waals surface area contributed by atoms with Gasteiger partial charge in [-0.05, 0) is 67.4 Å². The molecular formula is C33H31ClN2O7S. The average molecular weight is 635 g/mol. The van der Waals surface area contributed by atoms with Crippen molar-refractivity contribution in [1.29, 1.82) is 0 Å². The van der Waals surface area contributed by atoms with Crippen LogP contribution in [0.2, 0.25) is 5.02 Å². The summed E-state index contributed by atoms with van der Waals surface area (Å²) in [7, 11) is 0. The SMILES string of the molecule is CCCCCOc1ccc([C@@H]2C(=C(O)c3ccc4c(c3)OCCO4)C(=O)C(=O)N2c2nc3ccc(Cl)cc3s2)cc1OCC. The molecule has 3 aromatic carbocycles. The smallest absolute Gasteiger partial charge is 0.301 e. The third kappa shape index (κ3) is 5.67. The van der Waals surface area contributed by atoms with Crippen LogP contribution in [0.4, 0.5) is 5.13 Å². The highest BCUT2D eigenvalue weighted by Gasteiger charge is 2.48. The minimum atomic E-state index is -1.01. The van der Waals surface area contributed by atoms with Crippen LogP contribution < -0.4 is 23.8 Å². The van der Waals surface area contributed by atoms with Crippen LogP contribution in [0.3, 0.4) is 0 Å². The number of aliphatic hydroxyl groups excluding tert-OH is 1. The van der Waals surface area contributed by atoms with Gasteiger partial charge in [-0.1, -0.05) is 48.8 Å². The first-order valence-electron chi connectivity index (χ1n) is 14.6. The number of rotatable bonds is 10. The lowest BCUT2D eigenvalue weighted by Gasteiger charge is -2.24. The number of amides is 1. The van der Waals surface area contributed by atoms with E-state index in [0.29, 0.717) is 76.2 Å². The zero-order valence-electron chi connectivity index (χ0n) is 24.3. The van der Waals surface area contributed by atoms with Crippen LogP contribution in [-0.2, 0) is 9.59 Å². The molecule has 0 radical (unpaired) electrons. The Bertz CT molecular complexity index is 1770. The molecular weight excluding hydrogens is 604 g/mol. The highest BCUT2D eigenvalue weighted by Crippen LogP contribution is 2.46. The van der Waals surface area contributed by atoms with E-state index in [1.165, 1.54) is 16.2 Å². The molecule has 1 N–H and O–H groups in total. The maximum absolute atomic E-state index is 13.8. The Kier molecular flexibility index (Phi) is 8.63. The number of ether oxygens (including phenoxy) is 4. The van der Waals surface area contributed by atoms with Gasteiger partial charge in [-0.25, -0.2) is 4.98 Å². The zero-order chi connectivity index (χ0) is 30.8. The van der Waals surface area contributed by atoms with E-state index in [1.54, 1.807) is 54.6 Å². The van der Waals surface area contributed by atoms with E-state index in [9.17, 15) is 14.7 Å². The van der Waals surface area contributed by atoms with Gasteiger partial charge in [0.1, 0.15) is 19.0 Å². The molecule has 1 amide bonds. The number of hydrogen-bond donors (Lipinski definition) is 1. The monoisotopic (exact) mass is 634 g/mol. The van der Waals surface area contributed by atoms with E-state index in [2.05, 4.69) is 11.9 Å². The molecule has 9 nitrogen and oxygen atoms in total. The second kappa shape index (κ2) is 12.8. The predicted molar refractivity (Wildman–Crippen MR) is 169 cm³/mol. The van der Waals surface area contributed by atoms with Crippen LogP contribution in [-0.4, -0.2) is 48.2 Å². The first kappa shape index (κ1) is 29.8. The average Bonchev–Trinajstić information content (AvgIpc) is 3.56. The van der Waals surface area contributed by atoms with Crippen molar-refractivity contribution in [1.82, 2.24) is 4.98 Å². The normalized spacial score (nSPS) is 17.3. The van der Waals surface area contributed by atoms with Crippen LogP contribution >= 0.6 is 22.9 Å². The van der Waals surface area contributed by atoms with Gasteiger partial charge in [0.15, 0.2) is 28.1 Å². The largest absolute Gasteiger partial charge is 0.507 e. The number of thiazole rings is 1. The first-order chi connectivity index (χ1) is 21.4. The van der Waals surface area contributed by atoms with Gasteiger partial charge in [0.05, 0.1) is 35.0 Å². The number of Topliss-reactive ketones (excluding diaryl/α,β-unsaturated/α-hetero) is 1. The Morgan fingerprint density at radius 1 is 1.00 bits per heavy atom. The molecule has 6 rings (SSSR count). The molecule has 0 unspecified atom stereocenters. The van der Waals surface area contributed by atoms with Crippen LogP contribution in [0.1, 0.15) is 50.3 Å². The van der Waals surface area contributed by atoms with E-state index in [4.69, 9.17) is 30.5 Å². The number of aliphatic hydroxyl groups is 1. The minimum Gasteiger partial charge on any atom is -0.507 e. The molecule has 2 aliphatic rings. The summed E-state index contributed by atoms with van der Waals surface area (Å²) < 4.78 is 24.0. The standard InChI is InChI=1S/C33H31ClN2O7S/c1-3-5-6-13-41-23-11-7-19(16-25(23)40-4-2)29-28(30(37)20-8-12-24-26(17-20)43-15-14-42-24)31(38)32(39)36(29)33-35-22-10-9-21(34)18-27(22)44-33/h7-12,16-18,29,37H,3-6,13-15H2,1-2H3/t29-/m1/s1. The van der Waals surface area contributed by atoms with Gasteiger partial charge in [-0.3, -0.25) is 14.5 Å². The molecule has 3 heterocycles. The van der Waals surface area contributed by atoms with Crippen molar-refractivity contribution < 1.29 is 33.6 Å². The highest BCUT2D eigenvalue weighted by atomic mass is 35.5. The van der Waals surface area contributed by atoms with E-state index < -0.39 is 17.7 Å². The van der Waals surface area contributed by atoms with E-state index in [0.717, 1.165) is 24.0 Å². The highest BCUT2D eigenvalue weighted by molar-refractivity contribution is 7.22. The zero-order valence-corrected chi connectivity index (χ0v) is 25.9. The lowest BCUT2D eigenvalue weighted by atomic mass is 9.95. The third-order valence-electron chi connectivity index (χ3n) is 7.39. The minimum absolute atomic E-state index is 0.0805. The van der Waals surface area contributed by atoms with Crippen molar-refractivity contribution in [2.24, 2.45) is 0 Å². The van der Waals surface area contributed by atoms with Gasteiger partial charge in [0, 0.05) is 10.6 Å². The summed E-state index contributed by atoms with van der Waals surface area (Å²) >= 11 is 7.46. The quantitative estimate of drug-likeness (QED) is 0.0837. The van der Waals surface area contributed by atoms with Gasteiger partial charge in [-0.15, -0.1) is 0 Å². The molecule has 228 valence electrons. The van der Waals surface area contributed by atoms with Crippen LogP contribution in [0.5, 0.6) is 23.0 Å². The number of halogens is 1. The molecule has 1 aromatic heterocycles. The summed E-state index contributed by atoms with van der Waals surface area (Å²) in [5.41, 5.74) is 1.41. The summed E-state index contributed by atoms with van der Waals surface area (Å²) in [6, 6.07) is 14.4. The van der Waals surface area contributed by atoms with Crippen molar-refractivity contribution in [2.45, 2.75) is 39.2 Å². The predicted octanol–water partition coefficient (Wildman–Crippen LogP) is 7.31. The van der Waals surface area contributed by atoms with Crippen molar-refractivity contribution in [3.63, 3.8) is 0 Å². The number of fused-ring (bicyclic) bond motifs is 2. The molecule has 1 atom stereocenters. The summed E-state index contributed by atoms with van der Waals surface area (Å²) in [6.45, 7) is 5.68. The summed E-state index contributed by atoms with van der Waals surface area (Å²) in [5.74, 6) is 0.0308. The number of carbonyl (C=O) groups is 2. The Balaban J connectivity index is 1.49. The van der Waals surface area contributed by atoms with E-state index in [-0.39, 0.29) is 11.3 Å². The lowest BCUT2D eigenvalue weighted by Crippen LogP contribution is -2.29. The van der Waals surface area contributed by atoms with Gasteiger partial charge in [0.25, 0.3) is 5.78 Å². The number of benzene rings is 3. The topological polar surface area (TPSA) is 107 Å². The second-order valence-corrected chi connectivity index (χ2v) is 11.8. The molecule has 0 saturated carbocycles. The summed E-state index contributed by atoms with van der Waals surface area (Å²) in [4.78, 5) is 33.5. The number of nitrogens with zero attached hydrogens (tertiary/aromatic N) is 2. The number of unbranched alkanes of at least 4 members (excludes halogenated alkanes) is 2. The molecule has 1 fully saturated rings. The number of hydrogen-bond acceptors (Lipinski definition) is 9. The Morgan fingerprint density at radius 2 is 1.82 bits per heavy atom.